The third-order valence-electron chi connectivity index (χ3n) is 4.71. The fraction of sp³-hybridized carbons (Fsp3) is 0.667. The summed E-state index contributed by atoms with van der Waals surface area (Å²) in [6.45, 7) is 2.30. The summed E-state index contributed by atoms with van der Waals surface area (Å²) in [6, 6.07) is 2.21. The number of ether oxygens (including phenoxy) is 1. The average molecular weight is 290 g/mol. The van der Waals surface area contributed by atoms with E-state index in [2.05, 4.69) is 29.2 Å². The number of hydrogen-bond acceptors (Lipinski definition) is 5. The number of piperidine rings is 1. The fourth-order valence-corrected chi connectivity index (χ4v) is 3.22. The van der Waals surface area contributed by atoms with Crippen molar-refractivity contribution in [2.45, 2.75) is 30.9 Å². The summed E-state index contributed by atoms with van der Waals surface area (Å²) >= 11 is 0. The number of likely N-dealkylation sites (N-methyl/N-ethyl adjacent to an activating group) is 1. The normalized spacial score (nSPS) is 24.7. The number of carbonyl (C=O) groups excluding carboxylic acids is 1. The zero-order valence-electron chi connectivity index (χ0n) is 12.7. The SMILES string of the molecule is CN(C)C1COC2(CCN(C(=O)c3ccnnc3)CC2)C1. The molecule has 0 aliphatic carbocycles. The maximum absolute atomic E-state index is 12.4. The molecule has 1 amide bonds. The van der Waals surface area contributed by atoms with Crippen LogP contribution in [-0.2, 0) is 4.74 Å². The molecular weight excluding hydrogens is 268 g/mol. The summed E-state index contributed by atoms with van der Waals surface area (Å²) in [4.78, 5) is 16.5. The Bertz CT molecular complexity index is 498. The summed E-state index contributed by atoms with van der Waals surface area (Å²) in [5.41, 5.74) is 0.585. The van der Waals surface area contributed by atoms with Crippen LogP contribution in [0.1, 0.15) is 29.6 Å². The summed E-state index contributed by atoms with van der Waals surface area (Å²) in [6.07, 6.45) is 5.99. The van der Waals surface area contributed by atoms with Crippen LogP contribution in [0, 0.1) is 0 Å². The molecule has 0 saturated carbocycles. The molecule has 6 nitrogen and oxygen atoms in total. The Balaban J connectivity index is 1.60. The van der Waals surface area contributed by atoms with Gasteiger partial charge in [-0.25, -0.2) is 0 Å². The van der Waals surface area contributed by atoms with Crippen LogP contribution in [0.25, 0.3) is 0 Å². The molecule has 0 aromatic carbocycles. The van der Waals surface area contributed by atoms with Gasteiger partial charge in [-0.05, 0) is 39.4 Å². The summed E-state index contributed by atoms with van der Waals surface area (Å²) in [5.74, 6) is 0.0434. The molecule has 3 heterocycles. The van der Waals surface area contributed by atoms with Gasteiger partial charge < -0.3 is 14.5 Å². The molecule has 114 valence electrons. The van der Waals surface area contributed by atoms with Crippen molar-refractivity contribution in [1.82, 2.24) is 20.0 Å². The van der Waals surface area contributed by atoms with Crippen molar-refractivity contribution in [2.75, 3.05) is 33.8 Å². The quantitative estimate of drug-likeness (QED) is 0.806. The molecule has 2 aliphatic heterocycles. The van der Waals surface area contributed by atoms with Gasteiger partial charge in [0.1, 0.15) is 0 Å². The van der Waals surface area contributed by atoms with Crippen LogP contribution in [0.2, 0.25) is 0 Å². The van der Waals surface area contributed by atoms with E-state index in [0.29, 0.717) is 11.6 Å². The van der Waals surface area contributed by atoms with Crippen LogP contribution in [-0.4, -0.2) is 71.3 Å². The lowest BCUT2D eigenvalue weighted by Gasteiger charge is -2.38. The second kappa shape index (κ2) is 5.69. The maximum atomic E-state index is 12.4. The number of nitrogens with zero attached hydrogens (tertiary/aromatic N) is 4. The Morgan fingerprint density at radius 1 is 1.38 bits per heavy atom. The zero-order chi connectivity index (χ0) is 14.9. The molecule has 2 fully saturated rings. The number of likely N-dealkylation sites (tertiary alicyclic amines) is 1. The minimum atomic E-state index is -0.0256. The minimum Gasteiger partial charge on any atom is -0.373 e. The highest BCUT2D eigenvalue weighted by Crippen LogP contribution is 2.37. The Kier molecular flexibility index (Phi) is 3.91. The van der Waals surface area contributed by atoms with Gasteiger partial charge in [0.05, 0.1) is 30.2 Å². The minimum absolute atomic E-state index is 0.0256. The molecule has 0 radical (unpaired) electrons. The van der Waals surface area contributed by atoms with Gasteiger partial charge in [0.2, 0.25) is 0 Å². The third kappa shape index (κ3) is 2.91. The lowest BCUT2D eigenvalue weighted by molar-refractivity contribution is -0.0392. The number of hydrogen-bond donors (Lipinski definition) is 0. The molecule has 1 aromatic rings. The largest absolute Gasteiger partial charge is 0.373 e. The standard InChI is InChI=1S/C15H22N4O2/c1-18(2)13-9-15(21-11-13)4-7-19(8-5-15)14(20)12-3-6-16-17-10-12/h3,6,10,13H,4-5,7-9,11H2,1-2H3. The fourth-order valence-electron chi connectivity index (χ4n) is 3.22. The monoisotopic (exact) mass is 290 g/mol. The Morgan fingerprint density at radius 2 is 2.14 bits per heavy atom. The summed E-state index contributed by atoms with van der Waals surface area (Å²) < 4.78 is 6.09. The van der Waals surface area contributed by atoms with Gasteiger partial charge in [-0.3, -0.25) is 4.79 Å². The van der Waals surface area contributed by atoms with Crippen LogP contribution in [0.4, 0.5) is 0 Å². The molecule has 0 bridgehead atoms. The lowest BCUT2D eigenvalue weighted by atomic mass is 9.87. The van der Waals surface area contributed by atoms with Crippen molar-refractivity contribution in [2.24, 2.45) is 0 Å². The van der Waals surface area contributed by atoms with Gasteiger partial charge >= 0.3 is 0 Å². The van der Waals surface area contributed by atoms with Crippen molar-refractivity contribution in [3.8, 4) is 0 Å². The second-order valence-electron chi connectivity index (χ2n) is 6.24. The number of amides is 1. The average Bonchev–Trinajstić information content (AvgIpc) is 2.92. The van der Waals surface area contributed by atoms with Gasteiger partial charge in [0, 0.05) is 19.1 Å². The van der Waals surface area contributed by atoms with Gasteiger partial charge in [0.15, 0.2) is 0 Å². The molecule has 1 unspecified atom stereocenters. The van der Waals surface area contributed by atoms with Crippen molar-refractivity contribution >= 4 is 5.91 Å². The first-order chi connectivity index (χ1) is 10.1. The van der Waals surface area contributed by atoms with Crippen LogP contribution >= 0.6 is 0 Å². The first-order valence-corrected chi connectivity index (χ1v) is 7.46. The van der Waals surface area contributed by atoms with Crippen molar-refractivity contribution < 1.29 is 9.53 Å². The molecule has 2 aliphatic rings. The summed E-state index contributed by atoms with van der Waals surface area (Å²) in [7, 11) is 4.20. The van der Waals surface area contributed by atoms with Gasteiger partial charge in [-0.1, -0.05) is 0 Å². The predicted molar refractivity (Wildman–Crippen MR) is 77.9 cm³/mol. The van der Waals surface area contributed by atoms with E-state index in [0.717, 1.165) is 39.0 Å². The first kappa shape index (κ1) is 14.4. The van der Waals surface area contributed by atoms with Crippen LogP contribution in [0.3, 0.4) is 0 Å². The highest BCUT2D eigenvalue weighted by Gasteiger charge is 2.43. The Hall–Kier alpha value is -1.53. The Morgan fingerprint density at radius 3 is 2.71 bits per heavy atom. The van der Waals surface area contributed by atoms with Crippen molar-refractivity contribution in [3.63, 3.8) is 0 Å². The van der Waals surface area contributed by atoms with Gasteiger partial charge in [0.25, 0.3) is 5.91 Å². The summed E-state index contributed by atoms with van der Waals surface area (Å²) in [5, 5.41) is 7.48. The molecule has 1 atom stereocenters. The lowest BCUT2D eigenvalue weighted by Crippen LogP contribution is -2.47. The third-order valence-corrected chi connectivity index (χ3v) is 4.71. The molecule has 1 aromatic heterocycles. The van der Waals surface area contributed by atoms with Gasteiger partial charge in [-0.15, -0.1) is 0 Å². The van der Waals surface area contributed by atoms with Crippen molar-refractivity contribution in [3.05, 3.63) is 24.0 Å². The van der Waals surface area contributed by atoms with E-state index in [1.165, 1.54) is 6.20 Å². The molecular formula is C15H22N4O2. The second-order valence-corrected chi connectivity index (χ2v) is 6.24. The van der Waals surface area contributed by atoms with E-state index < -0.39 is 0 Å². The molecule has 1 spiro atoms. The molecule has 3 rings (SSSR count). The Labute approximate surface area is 125 Å². The first-order valence-electron chi connectivity index (χ1n) is 7.46. The molecule has 6 heteroatoms. The topological polar surface area (TPSA) is 58.6 Å². The van der Waals surface area contributed by atoms with Crippen molar-refractivity contribution in [1.29, 1.82) is 0 Å². The van der Waals surface area contributed by atoms with Crippen LogP contribution in [0.15, 0.2) is 18.5 Å². The maximum Gasteiger partial charge on any atom is 0.255 e. The number of rotatable bonds is 2. The predicted octanol–water partition coefficient (Wildman–Crippen LogP) is 0.802. The number of aromatic nitrogens is 2. The van der Waals surface area contributed by atoms with E-state index in [1.54, 1.807) is 12.3 Å². The smallest absolute Gasteiger partial charge is 0.255 e. The highest BCUT2D eigenvalue weighted by molar-refractivity contribution is 5.93. The molecule has 21 heavy (non-hydrogen) atoms. The van der Waals surface area contributed by atoms with Crippen LogP contribution < -0.4 is 0 Å². The highest BCUT2D eigenvalue weighted by atomic mass is 16.5. The van der Waals surface area contributed by atoms with Gasteiger partial charge in [-0.2, -0.15) is 10.2 Å². The van der Waals surface area contributed by atoms with Crippen LogP contribution in [0.5, 0.6) is 0 Å². The zero-order valence-corrected chi connectivity index (χ0v) is 12.7. The van der Waals surface area contributed by atoms with E-state index in [4.69, 9.17) is 4.74 Å². The molecule has 0 N–H and O–H groups in total. The number of carbonyl (C=O) groups is 1. The van der Waals surface area contributed by atoms with E-state index in [1.807, 2.05) is 4.90 Å². The van der Waals surface area contributed by atoms with E-state index in [9.17, 15) is 4.79 Å². The molecule has 2 saturated heterocycles. The van der Waals surface area contributed by atoms with E-state index in [-0.39, 0.29) is 11.5 Å². The van der Waals surface area contributed by atoms with E-state index >= 15 is 0 Å².